The van der Waals surface area contributed by atoms with Crippen molar-refractivity contribution in [3.63, 3.8) is 0 Å². The predicted molar refractivity (Wildman–Crippen MR) is 96.3 cm³/mol. The molecule has 0 aliphatic carbocycles. The van der Waals surface area contributed by atoms with Crippen molar-refractivity contribution in [2.45, 2.75) is 44.4 Å². The number of ether oxygens (including phenoxy) is 1. The molecule has 1 rings (SSSR count). The lowest BCUT2D eigenvalue weighted by Gasteiger charge is -2.20. The number of benzene rings is 1. The third kappa shape index (κ3) is 6.55. The molecule has 2 amide bonds. The third-order valence-corrected chi connectivity index (χ3v) is 4.83. The van der Waals surface area contributed by atoms with E-state index in [1.807, 2.05) is 0 Å². The molecule has 0 aliphatic rings. The van der Waals surface area contributed by atoms with E-state index in [2.05, 4.69) is 10.6 Å². The molecule has 0 bridgehead atoms. The summed E-state index contributed by atoms with van der Waals surface area (Å²) < 4.78 is 52.4. The van der Waals surface area contributed by atoms with Crippen LogP contribution in [0, 0.1) is 5.41 Å². The van der Waals surface area contributed by atoms with Gasteiger partial charge in [-0.3, -0.25) is 9.59 Å². The quantitative estimate of drug-likeness (QED) is 0.649. The van der Waals surface area contributed by atoms with Crippen molar-refractivity contribution in [2.75, 3.05) is 11.9 Å². The zero-order valence-corrected chi connectivity index (χ0v) is 16.6. The van der Waals surface area contributed by atoms with E-state index >= 15 is 0 Å². The van der Waals surface area contributed by atoms with Crippen LogP contribution in [-0.4, -0.2) is 44.6 Å². The number of amides is 2. The summed E-state index contributed by atoms with van der Waals surface area (Å²) in [5, 5.41) is 4.78. The Kier molecular flexibility index (Phi) is 7.62. The molecule has 28 heavy (non-hydrogen) atoms. The minimum absolute atomic E-state index is 0.128. The number of hydrogen-bond acceptors (Lipinski definition) is 6. The van der Waals surface area contributed by atoms with Crippen LogP contribution in [0.4, 0.5) is 14.5 Å². The number of carbonyl (C=O) groups is 3. The summed E-state index contributed by atoms with van der Waals surface area (Å²) in [6.07, 6.45) is 0. The summed E-state index contributed by atoms with van der Waals surface area (Å²) in [6.45, 7) is 5.78. The zero-order valence-electron chi connectivity index (χ0n) is 15.8. The standard InChI is InChI=1S/C17H22F2N2O6S/c1-10(20-15(24)17(2,3)4)14(23)27-9-13(22)21-11-5-7-12(8-6-11)28(25,26)16(18)19/h5-8,10,16H,9H2,1-4H3,(H,20,24)(H,21,22). The Morgan fingerprint density at radius 3 is 2.11 bits per heavy atom. The monoisotopic (exact) mass is 420 g/mol. The van der Waals surface area contributed by atoms with Crippen LogP contribution in [0.25, 0.3) is 0 Å². The van der Waals surface area contributed by atoms with Gasteiger partial charge in [-0.1, -0.05) is 20.8 Å². The second kappa shape index (κ2) is 9.09. The van der Waals surface area contributed by atoms with Crippen LogP contribution in [0.15, 0.2) is 29.2 Å². The van der Waals surface area contributed by atoms with Gasteiger partial charge in [-0.2, -0.15) is 8.78 Å². The Morgan fingerprint density at radius 2 is 1.64 bits per heavy atom. The number of alkyl halides is 2. The molecule has 1 aromatic carbocycles. The molecule has 0 fully saturated rings. The van der Waals surface area contributed by atoms with E-state index in [4.69, 9.17) is 4.74 Å². The van der Waals surface area contributed by atoms with Gasteiger partial charge in [0.05, 0.1) is 4.90 Å². The molecule has 0 aliphatic heterocycles. The molecule has 0 aromatic heterocycles. The first kappa shape index (κ1) is 23.5. The minimum Gasteiger partial charge on any atom is -0.454 e. The number of nitrogens with one attached hydrogen (secondary N) is 2. The molecule has 0 heterocycles. The number of anilines is 1. The van der Waals surface area contributed by atoms with E-state index in [9.17, 15) is 31.6 Å². The van der Waals surface area contributed by atoms with Gasteiger partial charge in [-0.05, 0) is 31.2 Å². The van der Waals surface area contributed by atoms with Gasteiger partial charge < -0.3 is 15.4 Å². The fourth-order valence-electron chi connectivity index (χ4n) is 1.76. The lowest BCUT2D eigenvalue weighted by molar-refractivity contribution is -0.150. The van der Waals surface area contributed by atoms with E-state index < -0.39 is 50.4 Å². The van der Waals surface area contributed by atoms with Gasteiger partial charge in [-0.15, -0.1) is 0 Å². The summed E-state index contributed by atoms with van der Waals surface area (Å²) in [5.74, 6) is -5.45. The van der Waals surface area contributed by atoms with Gasteiger partial charge in [0.2, 0.25) is 15.7 Å². The maximum absolute atomic E-state index is 12.5. The Balaban J connectivity index is 2.57. The topological polar surface area (TPSA) is 119 Å². The smallest absolute Gasteiger partial charge is 0.341 e. The maximum atomic E-state index is 12.5. The molecule has 2 N–H and O–H groups in total. The van der Waals surface area contributed by atoms with Crippen molar-refractivity contribution >= 4 is 33.3 Å². The fourth-order valence-corrected chi connectivity index (χ4v) is 2.48. The SMILES string of the molecule is CC(NC(=O)C(C)(C)C)C(=O)OCC(=O)Nc1ccc(S(=O)(=O)C(F)F)cc1. The average Bonchev–Trinajstić information content (AvgIpc) is 2.59. The van der Waals surface area contributed by atoms with E-state index in [0.29, 0.717) is 0 Å². The molecule has 0 saturated heterocycles. The van der Waals surface area contributed by atoms with Crippen molar-refractivity contribution in [2.24, 2.45) is 5.41 Å². The summed E-state index contributed by atoms with van der Waals surface area (Å²) >= 11 is 0. The van der Waals surface area contributed by atoms with Crippen molar-refractivity contribution in [1.82, 2.24) is 5.32 Å². The summed E-state index contributed by atoms with van der Waals surface area (Å²) in [6, 6.07) is 3.14. The molecule has 11 heteroatoms. The number of rotatable bonds is 7. The molecule has 156 valence electrons. The molecule has 1 unspecified atom stereocenters. The van der Waals surface area contributed by atoms with Gasteiger partial charge in [-0.25, -0.2) is 13.2 Å². The van der Waals surface area contributed by atoms with E-state index in [0.717, 1.165) is 24.3 Å². The third-order valence-electron chi connectivity index (χ3n) is 3.43. The van der Waals surface area contributed by atoms with Gasteiger partial charge >= 0.3 is 11.7 Å². The summed E-state index contributed by atoms with van der Waals surface area (Å²) in [5.41, 5.74) is -0.570. The molecular weight excluding hydrogens is 398 g/mol. The molecule has 8 nitrogen and oxygen atoms in total. The maximum Gasteiger partial charge on any atom is 0.341 e. The molecule has 0 spiro atoms. The Bertz CT molecular complexity index is 832. The van der Waals surface area contributed by atoms with Gasteiger partial charge in [0.1, 0.15) is 6.04 Å². The first-order valence-corrected chi connectivity index (χ1v) is 9.69. The van der Waals surface area contributed by atoms with Crippen LogP contribution in [-0.2, 0) is 29.0 Å². The van der Waals surface area contributed by atoms with Crippen LogP contribution in [0.3, 0.4) is 0 Å². The van der Waals surface area contributed by atoms with Crippen LogP contribution in [0.5, 0.6) is 0 Å². The van der Waals surface area contributed by atoms with Crippen molar-refractivity contribution in [3.05, 3.63) is 24.3 Å². The van der Waals surface area contributed by atoms with E-state index in [-0.39, 0.29) is 11.6 Å². The van der Waals surface area contributed by atoms with E-state index in [1.165, 1.54) is 6.92 Å². The highest BCUT2D eigenvalue weighted by Gasteiger charge is 2.27. The normalized spacial score (nSPS) is 13.0. The molecule has 1 atom stereocenters. The highest BCUT2D eigenvalue weighted by molar-refractivity contribution is 7.91. The van der Waals surface area contributed by atoms with Crippen LogP contribution in [0.2, 0.25) is 0 Å². The lowest BCUT2D eigenvalue weighted by atomic mass is 9.95. The van der Waals surface area contributed by atoms with Gasteiger partial charge in [0.25, 0.3) is 5.91 Å². The second-order valence-electron chi connectivity index (χ2n) is 6.93. The first-order chi connectivity index (χ1) is 12.7. The largest absolute Gasteiger partial charge is 0.454 e. The van der Waals surface area contributed by atoms with E-state index in [1.54, 1.807) is 20.8 Å². The van der Waals surface area contributed by atoms with Gasteiger partial charge in [0, 0.05) is 11.1 Å². The molecule has 0 radical (unpaired) electrons. The lowest BCUT2D eigenvalue weighted by Crippen LogP contribution is -2.45. The number of carbonyl (C=O) groups excluding carboxylic acids is 3. The summed E-state index contributed by atoms with van der Waals surface area (Å²) in [7, 11) is -4.72. The number of halogens is 2. The highest BCUT2D eigenvalue weighted by atomic mass is 32.2. The number of hydrogen-bond donors (Lipinski definition) is 2. The van der Waals surface area contributed by atoms with Crippen molar-refractivity contribution in [3.8, 4) is 0 Å². The summed E-state index contributed by atoms with van der Waals surface area (Å²) in [4.78, 5) is 34.8. The van der Waals surface area contributed by atoms with Crippen molar-refractivity contribution < 1.29 is 36.3 Å². The van der Waals surface area contributed by atoms with Gasteiger partial charge in [0.15, 0.2) is 6.61 Å². The predicted octanol–water partition coefficient (Wildman–Crippen LogP) is 1.72. The molecule has 1 aromatic rings. The fraction of sp³-hybridized carbons (Fsp3) is 0.471. The Labute approximate surface area is 161 Å². The minimum atomic E-state index is -4.72. The van der Waals surface area contributed by atoms with Crippen molar-refractivity contribution in [1.29, 1.82) is 0 Å². The molecule has 0 saturated carbocycles. The van der Waals surface area contributed by atoms with Crippen LogP contribution in [0.1, 0.15) is 27.7 Å². The number of sulfone groups is 1. The average molecular weight is 420 g/mol. The highest BCUT2D eigenvalue weighted by Crippen LogP contribution is 2.20. The van der Waals surface area contributed by atoms with Crippen LogP contribution >= 0.6 is 0 Å². The second-order valence-corrected chi connectivity index (χ2v) is 8.85. The number of esters is 1. The Hall–Kier alpha value is -2.56. The van der Waals surface area contributed by atoms with Crippen LogP contribution < -0.4 is 10.6 Å². The Morgan fingerprint density at radius 1 is 1.11 bits per heavy atom. The zero-order chi connectivity index (χ0) is 21.7. The first-order valence-electron chi connectivity index (χ1n) is 8.14. The molecular formula is C17H22F2N2O6S.